The van der Waals surface area contributed by atoms with E-state index in [2.05, 4.69) is 0 Å². The van der Waals surface area contributed by atoms with Crippen LogP contribution in [0, 0.1) is 11.3 Å². The fraction of sp³-hybridized carbons (Fsp3) is 1.00. The van der Waals surface area contributed by atoms with Crippen molar-refractivity contribution >= 4 is 0 Å². The van der Waals surface area contributed by atoms with Crippen LogP contribution in [0.1, 0.15) is 27.7 Å². The van der Waals surface area contributed by atoms with Gasteiger partial charge >= 0.3 is 0 Å². The highest BCUT2D eigenvalue weighted by Gasteiger charge is 2.36. The molecule has 0 aliphatic rings. The molecule has 0 spiro atoms. The van der Waals surface area contributed by atoms with Crippen LogP contribution in [-0.4, -0.2) is 21.3 Å². The molecule has 0 rings (SSSR count). The Labute approximate surface area is 61.3 Å². The normalized spacial score (nSPS) is 17.1. The lowest BCUT2D eigenvalue weighted by Crippen LogP contribution is -2.42. The van der Waals surface area contributed by atoms with E-state index in [0.29, 0.717) is 0 Å². The molecule has 0 aliphatic heterocycles. The molecule has 3 N–H and O–H groups in total. The second-order valence-electron chi connectivity index (χ2n) is 3.78. The minimum atomic E-state index is -2.56. The van der Waals surface area contributed by atoms with Gasteiger partial charge in [0.25, 0.3) is 5.97 Å². The van der Waals surface area contributed by atoms with E-state index in [0.717, 1.165) is 0 Å². The lowest BCUT2D eigenvalue weighted by atomic mass is 9.80. The largest absolute Gasteiger partial charge is 0.343 e. The molecule has 0 amide bonds. The maximum atomic E-state index is 8.73. The van der Waals surface area contributed by atoms with Gasteiger partial charge in [-0.2, -0.15) is 0 Å². The van der Waals surface area contributed by atoms with E-state index < -0.39 is 11.9 Å². The number of rotatable bonds is 1. The molecule has 0 aliphatic carbocycles. The first-order valence-corrected chi connectivity index (χ1v) is 3.33. The zero-order valence-corrected chi connectivity index (χ0v) is 6.92. The molecule has 0 saturated heterocycles. The molecule has 3 nitrogen and oxygen atoms in total. The molecule has 10 heavy (non-hydrogen) atoms. The van der Waals surface area contributed by atoms with Crippen molar-refractivity contribution in [1.29, 1.82) is 0 Å². The average Bonchev–Trinajstić information content (AvgIpc) is 1.59. The minimum absolute atomic E-state index is 0.307. The topological polar surface area (TPSA) is 60.7 Å². The Morgan fingerprint density at radius 1 is 1.00 bits per heavy atom. The van der Waals surface area contributed by atoms with Crippen LogP contribution in [0.15, 0.2) is 0 Å². The van der Waals surface area contributed by atoms with Gasteiger partial charge in [-0.1, -0.05) is 27.7 Å². The van der Waals surface area contributed by atoms with Gasteiger partial charge in [-0.25, -0.2) is 0 Å². The number of hydrogen-bond donors (Lipinski definition) is 3. The number of hydrogen-bond acceptors (Lipinski definition) is 3. The van der Waals surface area contributed by atoms with E-state index in [4.69, 9.17) is 15.3 Å². The maximum absolute atomic E-state index is 8.73. The molecule has 0 saturated carbocycles. The molecule has 62 valence electrons. The summed E-state index contributed by atoms with van der Waals surface area (Å²) in [4.78, 5) is 0. The van der Waals surface area contributed by atoms with Crippen molar-refractivity contribution in [2.24, 2.45) is 11.3 Å². The SMILES string of the molecule is CC(C(C)(C)C)C(O)(O)O. The van der Waals surface area contributed by atoms with Crippen LogP contribution in [0.3, 0.4) is 0 Å². The second kappa shape index (κ2) is 2.49. The zero-order valence-electron chi connectivity index (χ0n) is 6.92. The fourth-order valence-corrected chi connectivity index (χ4v) is 0.581. The summed E-state index contributed by atoms with van der Waals surface area (Å²) in [5.41, 5.74) is -0.307. The molecule has 1 unspecified atom stereocenters. The Hall–Kier alpha value is -0.120. The van der Waals surface area contributed by atoms with Crippen LogP contribution in [0.4, 0.5) is 0 Å². The van der Waals surface area contributed by atoms with Crippen LogP contribution in [0.25, 0.3) is 0 Å². The predicted molar refractivity (Wildman–Crippen MR) is 38.0 cm³/mol. The number of aliphatic hydroxyl groups is 3. The van der Waals surface area contributed by atoms with Gasteiger partial charge in [-0.15, -0.1) is 0 Å². The van der Waals surface area contributed by atoms with Crippen LogP contribution in [0.5, 0.6) is 0 Å². The van der Waals surface area contributed by atoms with E-state index >= 15 is 0 Å². The first-order chi connectivity index (χ1) is 4.15. The van der Waals surface area contributed by atoms with Crippen molar-refractivity contribution < 1.29 is 15.3 Å². The average molecular weight is 148 g/mol. The van der Waals surface area contributed by atoms with E-state index in [-0.39, 0.29) is 5.41 Å². The lowest BCUT2D eigenvalue weighted by molar-refractivity contribution is -0.352. The molecule has 3 heteroatoms. The van der Waals surface area contributed by atoms with Gasteiger partial charge in [-0.05, 0) is 5.41 Å². The quantitative estimate of drug-likeness (QED) is 0.469. The van der Waals surface area contributed by atoms with Gasteiger partial charge < -0.3 is 15.3 Å². The Morgan fingerprint density at radius 2 is 1.30 bits per heavy atom. The third kappa shape index (κ3) is 2.64. The zero-order chi connectivity index (χ0) is 8.58. The van der Waals surface area contributed by atoms with E-state index in [1.807, 2.05) is 20.8 Å². The fourth-order valence-electron chi connectivity index (χ4n) is 0.581. The first kappa shape index (κ1) is 9.88. The summed E-state index contributed by atoms with van der Waals surface area (Å²) in [7, 11) is 0. The Balaban J connectivity index is 4.23. The van der Waals surface area contributed by atoms with Gasteiger partial charge in [0.1, 0.15) is 0 Å². The molecule has 0 fully saturated rings. The van der Waals surface area contributed by atoms with Crippen LogP contribution in [-0.2, 0) is 0 Å². The van der Waals surface area contributed by atoms with Crippen LogP contribution >= 0.6 is 0 Å². The second-order valence-corrected chi connectivity index (χ2v) is 3.78. The highest BCUT2D eigenvalue weighted by molar-refractivity contribution is 4.74. The molecule has 0 aromatic carbocycles. The van der Waals surface area contributed by atoms with Crippen LogP contribution in [0.2, 0.25) is 0 Å². The molecule has 1 atom stereocenters. The van der Waals surface area contributed by atoms with Gasteiger partial charge in [0.2, 0.25) is 0 Å². The smallest absolute Gasteiger partial charge is 0.278 e. The van der Waals surface area contributed by atoms with Crippen LogP contribution < -0.4 is 0 Å². The summed E-state index contributed by atoms with van der Waals surface area (Å²) in [5.74, 6) is -3.13. The van der Waals surface area contributed by atoms with Gasteiger partial charge in [0, 0.05) is 5.92 Å². The lowest BCUT2D eigenvalue weighted by Gasteiger charge is -2.33. The molecule has 0 radical (unpaired) electrons. The van der Waals surface area contributed by atoms with Gasteiger partial charge in [-0.3, -0.25) is 0 Å². The Morgan fingerprint density at radius 3 is 1.30 bits per heavy atom. The van der Waals surface area contributed by atoms with E-state index in [1.54, 1.807) is 6.92 Å². The van der Waals surface area contributed by atoms with E-state index in [1.165, 1.54) is 0 Å². The van der Waals surface area contributed by atoms with Gasteiger partial charge in [0.15, 0.2) is 0 Å². The molecule has 0 aromatic rings. The molecular formula is C7H16O3. The summed E-state index contributed by atoms with van der Waals surface area (Å²) in [6.07, 6.45) is 0. The molecule has 0 aromatic heterocycles. The van der Waals surface area contributed by atoms with Crippen molar-refractivity contribution in [1.82, 2.24) is 0 Å². The van der Waals surface area contributed by atoms with E-state index in [9.17, 15) is 0 Å². The van der Waals surface area contributed by atoms with Crippen molar-refractivity contribution in [2.45, 2.75) is 33.7 Å². The Bertz CT molecular complexity index is 93.0. The summed E-state index contributed by atoms with van der Waals surface area (Å²) < 4.78 is 0. The van der Waals surface area contributed by atoms with Crippen molar-refractivity contribution in [3.8, 4) is 0 Å². The molecule has 0 heterocycles. The molecule has 0 bridgehead atoms. The molecular weight excluding hydrogens is 132 g/mol. The highest BCUT2D eigenvalue weighted by atomic mass is 16.7. The standard InChI is InChI=1S/C7H16O3/c1-5(6(2,3)4)7(8,9)10/h5,8-10H,1-4H3. The predicted octanol–water partition coefficient (Wildman–Crippen LogP) is 0.299. The van der Waals surface area contributed by atoms with Crippen molar-refractivity contribution in [3.63, 3.8) is 0 Å². The van der Waals surface area contributed by atoms with Crippen molar-refractivity contribution in [3.05, 3.63) is 0 Å². The third-order valence-corrected chi connectivity index (χ3v) is 1.88. The Kier molecular flexibility index (Phi) is 2.46. The monoisotopic (exact) mass is 148 g/mol. The third-order valence-electron chi connectivity index (χ3n) is 1.88. The van der Waals surface area contributed by atoms with Gasteiger partial charge in [0.05, 0.1) is 0 Å². The summed E-state index contributed by atoms with van der Waals surface area (Å²) in [5, 5.41) is 26.2. The van der Waals surface area contributed by atoms with Crippen molar-refractivity contribution in [2.75, 3.05) is 0 Å². The first-order valence-electron chi connectivity index (χ1n) is 3.33. The summed E-state index contributed by atoms with van der Waals surface area (Å²) in [6, 6.07) is 0. The maximum Gasteiger partial charge on any atom is 0.278 e. The summed E-state index contributed by atoms with van der Waals surface area (Å²) >= 11 is 0. The minimum Gasteiger partial charge on any atom is -0.343 e. The highest BCUT2D eigenvalue weighted by Crippen LogP contribution is 2.31. The summed E-state index contributed by atoms with van der Waals surface area (Å²) in [6.45, 7) is 7.07.